The number of aliphatic hydroxyl groups is 1. The van der Waals surface area contributed by atoms with Crippen LogP contribution in [-0.4, -0.2) is 36.4 Å². The van der Waals surface area contributed by atoms with Crippen molar-refractivity contribution in [2.45, 2.75) is 44.2 Å². The highest BCUT2D eigenvalue weighted by Gasteiger charge is 2.26. The summed E-state index contributed by atoms with van der Waals surface area (Å²) < 4.78 is 26.6. The highest BCUT2D eigenvalue weighted by atomic mass is 32.2. The minimum atomic E-state index is -3.34. The van der Waals surface area contributed by atoms with Gasteiger partial charge in [0.05, 0.1) is 11.9 Å². The fraction of sp³-hybridized carbons (Fsp3) is 0.615. The number of aromatic nitrogens is 1. The molecule has 1 aliphatic carbocycles. The summed E-state index contributed by atoms with van der Waals surface area (Å²) in [5.41, 5.74) is 0.949. The Morgan fingerprint density at radius 1 is 1.26 bits per heavy atom. The monoisotopic (exact) mass is 284 g/mol. The van der Waals surface area contributed by atoms with Crippen LogP contribution in [0.3, 0.4) is 0 Å². The van der Waals surface area contributed by atoms with Crippen molar-refractivity contribution in [2.24, 2.45) is 0 Å². The molecular weight excluding hydrogens is 264 g/mol. The second-order valence-electron chi connectivity index (χ2n) is 5.00. The van der Waals surface area contributed by atoms with Gasteiger partial charge in [-0.1, -0.05) is 12.8 Å². The Labute approximate surface area is 114 Å². The lowest BCUT2D eigenvalue weighted by atomic mass is 9.93. The first kappa shape index (κ1) is 14.4. The van der Waals surface area contributed by atoms with Gasteiger partial charge in [-0.25, -0.2) is 13.1 Å². The Kier molecular flexibility index (Phi) is 4.90. The molecule has 0 spiro atoms. The van der Waals surface area contributed by atoms with Crippen LogP contribution in [0.4, 0.5) is 0 Å². The Bertz CT molecular complexity index is 490. The third-order valence-electron chi connectivity index (χ3n) is 3.47. The number of hydrogen-bond acceptors (Lipinski definition) is 4. The van der Waals surface area contributed by atoms with Crippen LogP contribution in [0.2, 0.25) is 0 Å². The smallest absolute Gasteiger partial charge is 0.212 e. The maximum atomic E-state index is 12.0. The predicted octanol–water partition coefficient (Wildman–Crippen LogP) is 0.847. The molecule has 2 atom stereocenters. The van der Waals surface area contributed by atoms with Crippen LogP contribution in [0.25, 0.3) is 0 Å². The quantitative estimate of drug-likeness (QED) is 0.840. The summed E-state index contributed by atoms with van der Waals surface area (Å²) in [7, 11) is -3.34. The van der Waals surface area contributed by atoms with Gasteiger partial charge in [-0.2, -0.15) is 0 Å². The first-order valence-electron chi connectivity index (χ1n) is 6.64. The number of nitrogens with one attached hydrogen (secondary N) is 1. The molecule has 1 saturated carbocycles. The van der Waals surface area contributed by atoms with Crippen LogP contribution in [0.5, 0.6) is 0 Å². The highest BCUT2D eigenvalue weighted by molar-refractivity contribution is 7.89. The summed E-state index contributed by atoms with van der Waals surface area (Å²) in [4.78, 5) is 3.90. The van der Waals surface area contributed by atoms with Gasteiger partial charge in [-0.15, -0.1) is 0 Å². The van der Waals surface area contributed by atoms with E-state index in [2.05, 4.69) is 9.71 Å². The van der Waals surface area contributed by atoms with Gasteiger partial charge in [0.2, 0.25) is 10.0 Å². The summed E-state index contributed by atoms with van der Waals surface area (Å²) in [5, 5.41) is 9.78. The molecule has 0 aliphatic heterocycles. The maximum Gasteiger partial charge on any atom is 0.212 e. The van der Waals surface area contributed by atoms with E-state index in [1.54, 1.807) is 12.4 Å². The fourth-order valence-corrected chi connectivity index (χ4v) is 3.70. The third kappa shape index (κ3) is 4.56. The van der Waals surface area contributed by atoms with Crippen LogP contribution in [0.15, 0.2) is 24.5 Å². The lowest BCUT2D eigenvalue weighted by Gasteiger charge is -2.28. The van der Waals surface area contributed by atoms with Crippen LogP contribution in [-0.2, 0) is 16.4 Å². The van der Waals surface area contributed by atoms with Gasteiger partial charge < -0.3 is 5.11 Å². The van der Waals surface area contributed by atoms with Crippen molar-refractivity contribution in [3.05, 3.63) is 30.1 Å². The largest absolute Gasteiger partial charge is 0.391 e. The number of nitrogens with zero attached hydrogens (tertiary/aromatic N) is 1. The molecule has 1 fully saturated rings. The number of hydrogen-bond donors (Lipinski definition) is 2. The van der Waals surface area contributed by atoms with Crippen LogP contribution < -0.4 is 4.72 Å². The van der Waals surface area contributed by atoms with E-state index >= 15 is 0 Å². The molecule has 1 aromatic heterocycles. The van der Waals surface area contributed by atoms with E-state index in [1.165, 1.54) is 0 Å². The van der Waals surface area contributed by atoms with Crippen molar-refractivity contribution >= 4 is 10.0 Å². The molecule has 0 bridgehead atoms. The van der Waals surface area contributed by atoms with Crippen molar-refractivity contribution in [2.75, 3.05) is 5.75 Å². The second kappa shape index (κ2) is 6.45. The topological polar surface area (TPSA) is 79.3 Å². The van der Waals surface area contributed by atoms with Gasteiger partial charge in [0.25, 0.3) is 0 Å². The zero-order chi connectivity index (χ0) is 13.7. The first-order chi connectivity index (χ1) is 9.07. The molecule has 1 aliphatic rings. The van der Waals surface area contributed by atoms with Crippen LogP contribution in [0.1, 0.15) is 31.2 Å². The van der Waals surface area contributed by atoms with Crippen molar-refractivity contribution < 1.29 is 13.5 Å². The molecule has 19 heavy (non-hydrogen) atoms. The van der Waals surface area contributed by atoms with E-state index in [0.717, 1.165) is 24.8 Å². The number of sulfonamides is 1. The molecule has 2 unspecified atom stereocenters. The minimum Gasteiger partial charge on any atom is -0.391 e. The van der Waals surface area contributed by atoms with E-state index in [0.29, 0.717) is 12.8 Å². The highest BCUT2D eigenvalue weighted by Crippen LogP contribution is 2.19. The Hall–Kier alpha value is -0.980. The molecule has 2 rings (SSSR count). The zero-order valence-electron chi connectivity index (χ0n) is 10.8. The van der Waals surface area contributed by atoms with Crippen molar-refractivity contribution in [3.8, 4) is 0 Å². The zero-order valence-corrected chi connectivity index (χ0v) is 11.6. The number of aliphatic hydroxyl groups excluding tert-OH is 1. The van der Waals surface area contributed by atoms with Crippen molar-refractivity contribution in [1.29, 1.82) is 0 Å². The normalized spacial score (nSPS) is 24.3. The standard InChI is InChI=1S/C13H20N2O3S/c16-13-4-2-1-3-12(13)15-19(17,18)10-7-11-5-8-14-9-6-11/h5-6,8-9,12-13,15-16H,1-4,7,10H2. The number of rotatable bonds is 5. The molecule has 0 amide bonds. The molecule has 0 radical (unpaired) electrons. The summed E-state index contributed by atoms with van der Waals surface area (Å²) in [5.74, 6) is 0.0419. The van der Waals surface area contributed by atoms with Gasteiger partial charge >= 0.3 is 0 Å². The lowest BCUT2D eigenvalue weighted by Crippen LogP contribution is -2.45. The predicted molar refractivity (Wildman–Crippen MR) is 73.1 cm³/mol. The van der Waals surface area contributed by atoms with Crippen LogP contribution in [0, 0.1) is 0 Å². The van der Waals surface area contributed by atoms with Gasteiger partial charge in [-0.3, -0.25) is 4.98 Å². The Morgan fingerprint density at radius 3 is 2.63 bits per heavy atom. The molecule has 1 aromatic rings. The Balaban J connectivity index is 1.88. The molecule has 6 heteroatoms. The van der Waals surface area contributed by atoms with Crippen molar-refractivity contribution in [3.63, 3.8) is 0 Å². The van der Waals surface area contributed by atoms with Gasteiger partial charge in [0.15, 0.2) is 0 Å². The van der Waals surface area contributed by atoms with E-state index < -0.39 is 16.1 Å². The Morgan fingerprint density at radius 2 is 1.95 bits per heavy atom. The van der Waals surface area contributed by atoms with Gasteiger partial charge in [0.1, 0.15) is 0 Å². The van der Waals surface area contributed by atoms with Crippen molar-refractivity contribution in [1.82, 2.24) is 9.71 Å². The maximum absolute atomic E-state index is 12.0. The van der Waals surface area contributed by atoms with E-state index in [-0.39, 0.29) is 11.8 Å². The van der Waals surface area contributed by atoms with E-state index in [4.69, 9.17) is 0 Å². The minimum absolute atomic E-state index is 0.0419. The number of pyridine rings is 1. The van der Waals surface area contributed by atoms with Gasteiger partial charge in [0, 0.05) is 18.4 Å². The molecule has 1 heterocycles. The molecule has 0 saturated heterocycles. The molecule has 0 aromatic carbocycles. The first-order valence-corrected chi connectivity index (χ1v) is 8.29. The molecule has 106 valence electrons. The summed E-state index contributed by atoms with van der Waals surface area (Å²) in [6.45, 7) is 0. The average Bonchev–Trinajstić information content (AvgIpc) is 2.40. The summed E-state index contributed by atoms with van der Waals surface area (Å²) in [6.07, 6.45) is 6.55. The number of aryl methyl sites for hydroxylation is 1. The van der Waals surface area contributed by atoms with E-state index in [1.807, 2.05) is 12.1 Å². The van der Waals surface area contributed by atoms with Crippen LogP contribution >= 0.6 is 0 Å². The van der Waals surface area contributed by atoms with Gasteiger partial charge in [-0.05, 0) is 37.0 Å². The lowest BCUT2D eigenvalue weighted by molar-refractivity contribution is 0.101. The summed E-state index contributed by atoms with van der Waals surface area (Å²) in [6, 6.07) is 3.30. The molecule has 2 N–H and O–H groups in total. The average molecular weight is 284 g/mol. The SMILES string of the molecule is O=S(=O)(CCc1ccncc1)NC1CCCCC1O. The molecule has 5 nitrogen and oxygen atoms in total. The molecular formula is C13H20N2O3S. The summed E-state index contributed by atoms with van der Waals surface area (Å²) >= 11 is 0. The fourth-order valence-electron chi connectivity index (χ4n) is 2.34. The van der Waals surface area contributed by atoms with E-state index in [9.17, 15) is 13.5 Å². The third-order valence-corrected chi connectivity index (χ3v) is 4.87. The second-order valence-corrected chi connectivity index (χ2v) is 6.87.